The molecule has 84 valence electrons. The number of rotatable bonds is 3. The summed E-state index contributed by atoms with van der Waals surface area (Å²) in [4.78, 5) is 10.8. The Kier molecular flexibility index (Phi) is 3.96. The number of hydrogen-bond acceptors (Lipinski definition) is 5. The second-order valence-electron chi connectivity index (χ2n) is 2.95. The molecule has 0 aromatic heterocycles. The van der Waals surface area contributed by atoms with Gasteiger partial charge in [-0.1, -0.05) is 0 Å². The molecule has 1 unspecified atom stereocenters. The third-order valence-corrected chi connectivity index (χ3v) is 4.64. The van der Waals surface area contributed by atoms with Crippen molar-refractivity contribution in [2.24, 2.45) is 0 Å². The number of nitriles is 1. The number of carboxylic acids is 1. The highest BCUT2D eigenvalue weighted by molar-refractivity contribution is 7.99. The molecule has 0 spiro atoms. The summed E-state index contributed by atoms with van der Waals surface area (Å²) >= 11 is 1.40. The summed E-state index contributed by atoms with van der Waals surface area (Å²) in [5, 5.41) is 17.2. The van der Waals surface area contributed by atoms with E-state index in [1.54, 1.807) is 0 Å². The molecule has 1 heterocycles. The number of carbonyl (C=O) groups is 1. The van der Waals surface area contributed by atoms with E-state index in [2.05, 4.69) is 0 Å². The van der Waals surface area contributed by atoms with Crippen molar-refractivity contribution in [1.29, 1.82) is 5.26 Å². The minimum atomic E-state index is -3.75. The SMILES string of the molecule is N#CCS(=O)(=O)N1CCSCC1C(=O)O. The lowest BCUT2D eigenvalue weighted by Gasteiger charge is -2.30. The summed E-state index contributed by atoms with van der Waals surface area (Å²) in [6, 6.07) is 0.496. The molecule has 0 radical (unpaired) electrons. The number of aliphatic carboxylic acids is 1. The summed E-state index contributed by atoms with van der Waals surface area (Å²) in [6.07, 6.45) is 0. The van der Waals surface area contributed by atoms with Crippen LogP contribution < -0.4 is 0 Å². The Bertz CT molecular complexity index is 386. The minimum absolute atomic E-state index is 0.158. The van der Waals surface area contributed by atoms with Gasteiger partial charge in [0, 0.05) is 18.1 Å². The maximum absolute atomic E-state index is 11.5. The lowest BCUT2D eigenvalue weighted by Crippen LogP contribution is -2.50. The highest BCUT2D eigenvalue weighted by Crippen LogP contribution is 2.20. The maximum atomic E-state index is 11.5. The van der Waals surface area contributed by atoms with Crippen LogP contribution in [-0.4, -0.2) is 53.6 Å². The highest BCUT2D eigenvalue weighted by Gasteiger charge is 2.36. The van der Waals surface area contributed by atoms with Crippen LogP contribution in [0.4, 0.5) is 0 Å². The maximum Gasteiger partial charge on any atom is 0.322 e. The molecule has 8 heteroatoms. The molecule has 0 aromatic rings. The smallest absolute Gasteiger partial charge is 0.322 e. The number of hydrogen-bond donors (Lipinski definition) is 1. The molecule has 1 rings (SSSR count). The molecular formula is C7H10N2O4S2. The van der Waals surface area contributed by atoms with Gasteiger partial charge in [0.15, 0.2) is 5.75 Å². The molecule has 0 amide bonds. The Labute approximate surface area is 91.9 Å². The van der Waals surface area contributed by atoms with Crippen molar-refractivity contribution in [3.63, 3.8) is 0 Å². The molecule has 6 nitrogen and oxygen atoms in total. The van der Waals surface area contributed by atoms with E-state index >= 15 is 0 Å². The molecule has 0 aliphatic carbocycles. The van der Waals surface area contributed by atoms with Crippen molar-refractivity contribution >= 4 is 27.8 Å². The first kappa shape index (κ1) is 12.3. The molecular weight excluding hydrogens is 240 g/mol. The molecule has 0 bridgehead atoms. The van der Waals surface area contributed by atoms with Gasteiger partial charge in [0.05, 0.1) is 6.07 Å². The van der Waals surface area contributed by atoms with Gasteiger partial charge in [0.1, 0.15) is 6.04 Å². The zero-order valence-electron chi connectivity index (χ0n) is 7.79. The van der Waals surface area contributed by atoms with Crippen LogP contribution in [0.1, 0.15) is 0 Å². The first-order chi connectivity index (χ1) is 6.99. The molecule has 1 saturated heterocycles. The standard InChI is InChI=1S/C7H10N2O4S2/c8-1-4-15(12,13)9-2-3-14-5-6(9)7(10)11/h6H,2-5H2,(H,10,11). The van der Waals surface area contributed by atoms with Crippen LogP contribution >= 0.6 is 11.8 Å². The van der Waals surface area contributed by atoms with Crippen molar-refractivity contribution in [1.82, 2.24) is 4.31 Å². The van der Waals surface area contributed by atoms with E-state index in [0.29, 0.717) is 5.75 Å². The van der Waals surface area contributed by atoms with Gasteiger partial charge in [-0.05, 0) is 0 Å². The number of carboxylic acid groups (broad SMARTS) is 1. The van der Waals surface area contributed by atoms with Crippen LogP contribution in [0.5, 0.6) is 0 Å². The highest BCUT2D eigenvalue weighted by atomic mass is 32.2. The fraction of sp³-hybridized carbons (Fsp3) is 0.714. The first-order valence-electron chi connectivity index (χ1n) is 4.16. The van der Waals surface area contributed by atoms with E-state index < -0.39 is 27.8 Å². The van der Waals surface area contributed by atoms with Crippen molar-refractivity contribution < 1.29 is 18.3 Å². The van der Waals surface area contributed by atoms with Crippen molar-refractivity contribution in [2.75, 3.05) is 23.8 Å². The molecule has 0 saturated carbocycles. The molecule has 15 heavy (non-hydrogen) atoms. The third kappa shape index (κ3) is 2.84. The van der Waals surface area contributed by atoms with Gasteiger partial charge >= 0.3 is 5.97 Å². The fourth-order valence-electron chi connectivity index (χ4n) is 1.28. The monoisotopic (exact) mass is 250 g/mol. The van der Waals surface area contributed by atoms with Crippen molar-refractivity contribution in [3.8, 4) is 6.07 Å². The lowest BCUT2D eigenvalue weighted by molar-refractivity contribution is -0.140. The topological polar surface area (TPSA) is 98.5 Å². The second-order valence-corrected chi connectivity index (χ2v) is 6.03. The fourth-order valence-corrected chi connectivity index (χ4v) is 3.78. The Morgan fingerprint density at radius 1 is 1.67 bits per heavy atom. The summed E-state index contributed by atoms with van der Waals surface area (Å²) in [7, 11) is -3.75. The number of nitrogens with zero attached hydrogens (tertiary/aromatic N) is 2. The molecule has 1 aliphatic rings. The number of sulfonamides is 1. The zero-order chi connectivity index (χ0) is 11.5. The van der Waals surface area contributed by atoms with Crippen LogP contribution in [-0.2, 0) is 14.8 Å². The zero-order valence-corrected chi connectivity index (χ0v) is 9.42. The Morgan fingerprint density at radius 3 is 2.87 bits per heavy atom. The van der Waals surface area contributed by atoms with Gasteiger partial charge in [0.2, 0.25) is 10.0 Å². The van der Waals surface area contributed by atoms with Gasteiger partial charge in [-0.25, -0.2) is 8.42 Å². The van der Waals surface area contributed by atoms with E-state index in [1.807, 2.05) is 0 Å². The predicted octanol–water partition coefficient (Wildman–Crippen LogP) is -0.658. The van der Waals surface area contributed by atoms with Gasteiger partial charge in [-0.2, -0.15) is 21.3 Å². The van der Waals surface area contributed by atoms with Crippen LogP contribution in [0.15, 0.2) is 0 Å². The van der Waals surface area contributed by atoms with Crippen molar-refractivity contribution in [2.45, 2.75) is 6.04 Å². The lowest BCUT2D eigenvalue weighted by atomic mass is 10.3. The van der Waals surface area contributed by atoms with Crippen LogP contribution in [0, 0.1) is 11.3 Å². The van der Waals surface area contributed by atoms with Gasteiger partial charge in [-0.3, -0.25) is 4.79 Å². The largest absolute Gasteiger partial charge is 0.480 e. The Balaban J connectivity index is 2.91. The van der Waals surface area contributed by atoms with E-state index in [4.69, 9.17) is 10.4 Å². The van der Waals surface area contributed by atoms with E-state index in [1.165, 1.54) is 17.8 Å². The molecule has 1 aliphatic heterocycles. The molecule has 0 aromatic carbocycles. The first-order valence-corrected chi connectivity index (χ1v) is 6.92. The third-order valence-electron chi connectivity index (χ3n) is 1.97. The summed E-state index contributed by atoms with van der Waals surface area (Å²) in [5.41, 5.74) is 0. The quantitative estimate of drug-likeness (QED) is 0.714. The van der Waals surface area contributed by atoms with Crippen molar-refractivity contribution in [3.05, 3.63) is 0 Å². The van der Waals surface area contributed by atoms with Crippen LogP contribution in [0.25, 0.3) is 0 Å². The second kappa shape index (κ2) is 4.83. The van der Waals surface area contributed by atoms with E-state index in [0.717, 1.165) is 4.31 Å². The Hall–Kier alpha value is -0.780. The average Bonchev–Trinajstić information content (AvgIpc) is 2.17. The average molecular weight is 250 g/mol. The van der Waals surface area contributed by atoms with Gasteiger partial charge in [-0.15, -0.1) is 0 Å². The van der Waals surface area contributed by atoms with Crippen LogP contribution in [0.2, 0.25) is 0 Å². The normalized spacial score (nSPS) is 23.3. The number of thioether (sulfide) groups is 1. The Morgan fingerprint density at radius 2 is 2.33 bits per heavy atom. The molecule has 1 fully saturated rings. The molecule has 1 N–H and O–H groups in total. The summed E-state index contributed by atoms with van der Waals surface area (Å²) < 4.78 is 24.0. The predicted molar refractivity (Wildman–Crippen MR) is 54.9 cm³/mol. The summed E-state index contributed by atoms with van der Waals surface area (Å²) in [5.74, 6) is -1.03. The van der Waals surface area contributed by atoms with Crippen LogP contribution in [0.3, 0.4) is 0 Å². The minimum Gasteiger partial charge on any atom is -0.480 e. The summed E-state index contributed by atoms with van der Waals surface area (Å²) in [6.45, 7) is 0.158. The molecule has 1 atom stereocenters. The van der Waals surface area contributed by atoms with Gasteiger partial charge < -0.3 is 5.11 Å². The van der Waals surface area contributed by atoms with Gasteiger partial charge in [0.25, 0.3) is 0 Å². The van der Waals surface area contributed by atoms with E-state index in [9.17, 15) is 13.2 Å². The van der Waals surface area contributed by atoms with E-state index in [-0.39, 0.29) is 12.3 Å².